The molecule has 168 valence electrons. The minimum atomic E-state index is -0.425. The van der Waals surface area contributed by atoms with E-state index in [0.717, 1.165) is 28.0 Å². The van der Waals surface area contributed by atoms with Gasteiger partial charge in [-0.3, -0.25) is 10.1 Å². The van der Waals surface area contributed by atoms with Crippen molar-refractivity contribution in [3.63, 3.8) is 0 Å². The fraction of sp³-hybridized carbons (Fsp3) is 0.0870. The molecule has 0 spiro atoms. The summed E-state index contributed by atoms with van der Waals surface area (Å²) in [5.74, 6) is 0.659. The lowest BCUT2D eigenvalue weighted by Gasteiger charge is -2.11. The zero-order chi connectivity index (χ0) is 23.5. The van der Waals surface area contributed by atoms with E-state index < -0.39 is 5.91 Å². The van der Waals surface area contributed by atoms with Crippen molar-refractivity contribution in [3.8, 4) is 17.1 Å². The predicted octanol–water partition coefficient (Wildman–Crippen LogP) is 6.39. The first kappa shape index (κ1) is 23.3. The van der Waals surface area contributed by atoms with Crippen molar-refractivity contribution in [2.45, 2.75) is 6.92 Å². The molecule has 0 fully saturated rings. The highest BCUT2D eigenvalue weighted by Gasteiger charge is 2.10. The monoisotopic (exact) mass is 518 g/mol. The molecule has 0 radical (unpaired) electrons. The smallest absolute Gasteiger partial charge is 0.264 e. The summed E-state index contributed by atoms with van der Waals surface area (Å²) in [6.45, 7) is 1.70. The molecule has 33 heavy (non-hydrogen) atoms. The Morgan fingerprint density at radius 1 is 1.06 bits per heavy atom. The Labute approximate surface area is 210 Å². The van der Waals surface area contributed by atoms with Crippen molar-refractivity contribution in [3.05, 3.63) is 75.2 Å². The molecule has 4 rings (SSSR count). The van der Waals surface area contributed by atoms with Crippen molar-refractivity contribution in [2.75, 3.05) is 11.9 Å². The van der Waals surface area contributed by atoms with E-state index in [0.29, 0.717) is 26.5 Å². The second kappa shape index (κ2) is 9.97. The number of thiocarbonyl (C=S) groups is 1. The number of hydrogen-bond donors (Lipinski definition) is 3. The lowest BCUT2D eigenvalue weighted by molar-refractivity contribution is -0.121. The number of anilines is 1. The summed E-state index contributed by atoms with van der Waals surface area (Å²) in [4.78, 5) is 20.0. The van der Waals surface area contributed by atoms with E-state index in [4.69, 9.17) is 51.8 Å². The number of benzene rings is 3. The molecular weight excluding hydrogens is 503 g/mol. The molecule has 1 aromatic heterocycles. The molecule has 4 aromatic rings. The first-order valence-electron chi connectivity index (χ1n) is 9.73. The van der Waals surface area contributed by atoms with Crippen LogP contribution in [0.4, 0.5) is 5.69 Å². The quantitative estimate of drug-likeness (QED) is 0.266. The number of aromatic nitrogens is 2. The fourth-order valence-corrected chi connectivity index (χ4v) is 3.90. The number of H-pyrrole nitrogens is 1. The molecule has 0 aliphatic heterocycles. The third kappa shape index (κ3) is 5.75. The SMILES string of the molecule is Cc1cc2[nH]c(-c3ccc(NC(=S)NC(=O)COc4ccc(Cl)cc4Cl)cc3)nc2cc1Cl. The first-order chi connectivity index (χ1) is 15.8. The number of carbonyl (C=O) groups excluding carboxylic acids is 1. The van der Waals surface area contributed by atoms with Crippen molar-refractivity contribution in [1.29, 1.82) is 0 Å². The molecule has 0 aliphatic rings. The van der Waals surface area contributed by atoms with Crippen LogP contribution < -0.4 is 15.4 Å². The normalized spacial score (nSPS) is 10.8. The Hall–Kier alpha value is -2.84. The summed E-state index contributed by atoms with van der Waals surface area (Å²) < 4.78 is 5.40. The van der Waals surface area contributed by atoms with Gasteiger partial charge in [0, 0.05) is 21.3 Å². The van der Waals surface area contributed by atoms with Crippen LogP contribution in [-0.4, -0.2) is 27.6 Å². The Bertz CT molecular complexity index is 1320. The van der Waals surface area contributed by atoms with Crippen LogP contribution in [0.2, 0.25) is 15.1 Å². The van der Waals surface area contributed by atoms with E-state index in [1.807, 2.05) is 43.3 Å². The minimum absolute atomic E-state index is 0.146. The van der Waals surface area contributed by atoms with Crippen molar-refractivity contribution in [2.24, 2.45) is 0 Å². The van der Waals surface area contributed by atoms with Gasteiger partial charge in [-0.15, -0.1) is 0 Å². The van der Waals surface area contributed by atoms with Gasteiger partial charge in [-0.1, -0.05) is 34.8 Å². The number of imidazole rings is 1. The number of fused-ring (bicyclic) bond motifs is 1. The average molecular weight is 520 g/mol. The molecule has 3 aromatic carbocycles. The van der Waals surface area contributed by atoms with Gasteiger partial charge in [0.25, 0.3) is 5.91 Å². The van der Waals surface area contributed by atoms with Gasteiger partial charge in [0.2, 0.25) is 0 Å². The molecule has 1 heterocycles. The summed E-state index contributed by atoms with van der Waals surface area (Å²) in [5, 5.41) is 7.14. The number of carbonyl (C=O) groups is 1. The van der Waals surface area contributed by atoms with E-state index >= 15 is 0 Å². The van der Waals surface area contributed by atoms with Gasteiger partial charge in [0.05, 0.1) is 16.1 Å². The van der Waals surface area contributed by atoms with Gasteiger partial charge < -0.3 is 15.0 Å². The Morgan fingerprint density at radius 3 is 2.55 bits per heavy atom. The van der Waals surface area contributed by atoms with Crippen molar-refractivity contribution in [1.82, 2.24) is 15.3 Å². The van der Waals surface area contributed by atoms with Crippen LogP contribution in [-0.2, 0) is 4.79 Å². The van der Waals surface area contributed by atoms with Crippen LogP contribution in [0.1, 0.15) is 5.56 Å². The molecule has 0 saturated heterocycles. The number of aryl methyl sites for hydroxylation is 1. The highest BCUT2D eigenvalue weighted by atomic mass is 35.5. The third-order valence-electron chi connectivity index (χ3n) is 4.68. The summed E-state index contributed by atoms with van der Waals surface area (Å²) in [6, 6.07) is 16.0. The van der Waals surface area contributed by atoms with Crippen LogP contribution in [0.5, 0.6) is 5.75 Å². The number of aromatic amines is 1. The van der Waals surface area contributed by atoms with E-state index in [1.165, 1.54) is 6.07 Å². The number of hydrogen-bond acceptors (Lipinski definition) is 4. The summed E-state index contributed by atoms with van der Waals surface area (Å²) in [5.41, 5.74) is 4.31. The van der Waals surface area contributed by atoms with Gasteiger partial charge in [0.15, 0.2) is 11.7 Å². The molecule has 3 N–H and O–H groups in total. The molecule has 0 bridgehead atoms. The Kier molecular flexibility index (Phi) is 7.05. The topological polar surface area (TPSA) is 79.0 Å². The average Bonchev–Trinajstić information content (AvgIpc) is 3.16. The molecule has 0 aliphatic carbocycles. The summed E-state index contributed by atoms with van der Waals surface area (Å²) >= 11 is 23.3. The number of rotatable bonds is 5. The maximum Gasteiger partial charge on any atom is 0.264 e. The lowest BCUT2D eigenvalue weighted by Crippen LogP contribution is -2.37. The molecule has 10 heteroatoms. The van der Waals surface area contributed by atoms with Gasteiger partial charge in [0.1, 0.15) is 11.6 Å². The predicted molar refractivity (Wildman–Crippen MR) is 138 cm³/mol. The van der Waals surface area contributed by atoms with Gasteiger partial charge in [-0.2, -0.15) is 0 Å². The van der Waals surface area contributed by atoms with Crippen LogP contribution in [0.15, 0.2) is 54.6 Å². The molecule has 0 unspecified atom stereocenters. The largest absolute Gasteiger partial charge is 0.482 e. The Morgan fingerprint density at radius 2 is 1.82 bits per heavy atom. The molecular formula is C23H17Cl3N4O2S. The standard InChI is InChI=1S/C23H17Cl3N4O2S/c1-12-8-18-19(10-16(12)25)29-22(28-18)13-2-5-15(6-3-13)27-23(33)30-21(31)11-32-20-7-4-14(24)9-17(20)26/h2-10H,11H2,1H3,(H,28,29)(H2,27,30,31,33). The van der Waals surface area contributed by atoms with Crippen LogP contribution in [0, 0.1) is 6.92 Å². The number of halogens is 3. The highest BCUT2D eigenvalue weighted by Crippen LogP contribution is 2.28. The van der Waals surface area contributed by atoms with Gasteiger partial charge >= 0.3 is 0 Å². The first-order valence-corrected chi connectivity index (χ1v) is 11.3. The number of amides is 1. The zero-order valence-electron chi connectivity index (χ0n) is 17.2. The summed E-state index contributed by atoms with van der Waals surface area (Å²) in [6.07, 6.45) is 0. The highest BCUT2D eigenvalue weighted by molar-refractivity contribution is 7.80. The third-order valence-corrected chi connectivity index (χ3v) is 5.83. The van der Waals surface area contributed by atoms with Gasteiger partial charge in [-0.05, 0) is 79.3 Å². The molecule has 6 nitrogen and oxygen atoms in total. The van der Waals surface area contributed by atoms with E-state index in [-0.39, 0.29) is 11.7 Å². The summed E-state index contributed by atoms with van der Waals surface area (Å²) in [7, 11) is 0. The Balaban J connectivity index is 1.33. The van der Waals surface area contributed by atoms with E-state index in [1.54, 1.807) is 12.1 Å². The molecule has 1 amide bonds. The van der Waals surface area contributed by atoms with E-state index in [9.17, 15) is 4.79 Å². The van der Waals surface area contributed by atoms with Gasteiger partial charge in [-0.25, -0.2) is 4.98 Å². The second-order valence-corrected chi connectivity index (χ2v) is 8.81. The second-order valence-electron chi connectivity index (χ2n) is 7.15. The molecule has 0 atom stereocenters. The van der Waals surface area contributed by atoms with Crippen molar-refractivity contribution < 1.29 is 9.53 Å². The zero-order valence-corrected chi connectivity index (χ0v) is 20.3. The molecule has 0 saturated carbocycles. The van der Waals surface area contributed by atoms with Crippen LogP contribution in [0.25, 0.3) is 22.4 Å². The number of ether oxygens (including phenoxy) is 1. The lowest BCUT2D eigenvalue weighted by atomic mass is 10.2. The van der Waals surface area contributed by atoms with E-state index in [2.05, 4.69) is 20.6 Å². The van der Waals surface area contributed by atoms with Crippen molar-refractivity contribution >= 4 is 74.8 Å². The van der Waals surface area contributed by atoms with Crippen LogP contribution >= 0.6 is 47.0 Å². The number of nitrogens with zero attached hydrogens (tertiary/aromatic N) is 1. The fourth-order valence-electron chi connectivity index (χ4n) is 3.05. The maximum atomic E-state index is 12.1. The number of nitrogens with one attached hydrogen (secondary N) is 3. The van der Waals surface area contributed by atoms with Crippen LogP contribution in [0.3, 0.4) is 0 Å². The maximum absolute atomic E-state index is 12.1. The minimum Gasteiger partial charge on any atom is -0.482 e.